The van der Waals surface area contributed by atoms with Crippen LogP contribution in [0, 0.1) is 5.82 Å². The molecular formula is C18H20FN5O2. The van der Waals surface area contributed by atoms with Crippen LogP contribution in [0.25, 0.3) is 0 Å². The van der Waals surface area contributed by atoms with E-state index in [0.29, 0.717) is 43.3 Å². The molecule has 1 aliphatic rings. The molecular weight excluding hydrogens is 337 g/mol. The monoisotopic (exact) mass is 357 g/mol. The second kappa shape index (κ2) is 7.90. The van der Waals surface area contributed by atoms with E-state index in [1.54, 1.807) is 30.0 Å². The van der Waals surface area contributed by atoms with Gasteiger partial charge in [0.2, 0.25) is 11.9 Å². The van der Waals surface area contributed by atoms with Crippen LogP contribution in [0.15, 0.2) is 36.7 Å². The molecule has 3 rings (SSSR count). The van der Waals surface area contributed by atoms with Crippen molar-refractivity contribution in [2.24, 2.45) is 0 Å². The second-order valence-corrected chi connectivity index (χ2v) is 6.04. The maximum absolute atomic E-state index is 13.6. The Morgan fingerprint density at radius 3 is 2.38 bits per heavy atom. The van der Waals surface area contributed by atoms with Crippen molar-refractivity contribution in [3.63, 3.8) is 0 Å². The van der Waals surface area contributed by atoms with E-state index in [2.05, 4.69) is 15.3 Å². The van der Waals surface area contributed by atoms with Crippen molar-refractivity contribution in [3.05, 3.63) is 53.6 Å². The molecule has 0 bridgehead atoms. The van der Waals surface area contributed by atoms with Crippen molar-refractivity contribution in [2.75, 3.05) is 31.1 Å². The third-order valence-corrected chi connectivity index (χ3v) is 4.31. The molecule has 0 aliphatic carbocycles. The van der Waals surface area contributed by atoms with Crippen molar-refractivity contribution in [1.82, 2.24) is 20.2 Å². The number of anilines is 1. The predicted octanol–water partition coefficient (Wildman–Crippen LogP) is 1.21. The third-order valence-electron chi connectivity index (χ3n) is 4.31. The summed E-state index contributed by atoms with van der Waals surface area (Å²) in [5, 5.41) is 2.66. The summed E-state index contributed by atoms with van der Waals surface area (Å²) in [5.74, 6) is -0.128. The summed E-state index contributed by atoms with van der Waals surface area (Å²) in [6.45, 7) is 4.21. The molecule has 0 saturated carbocycles. The minimum absolute atomic E-state index is 0.0624. The molecule has 2 heterocycles. The molecule has 7 nitrogen and oxygen atoms in total. The average Bonchev–Trinajstić information content (AvgIpc) is 2.67. The van der Waals surface area contributed by atoms with Crippen molar-refractivity contribution in [2.45, 2.75) is 13.5 Å². The number of piperazine rings is 1. The fourth-order valence-electron chi connectivity index (χ4n) is 2.74. The first-order valence-electron chi connectivity index (χ1n) is 8.38. The van der Waals surface area contributed by atoms with Gasteiger partial charge < -0.3 is 15.1 Å². The number of halogens is 1. The third kappa shape index (κ3) is 4.14. The zero-order valence-electron chi connectivity index (χ0n) is 14.5. The van der Waals surface area contributed by atoms with E-state index in [9.17, 15) is 14.0 Å². The van der Waals surface area contributed by atoms with Gasteiger partial charge in [-0.05, 0) is 6.07 Å². The molecule has 1 fully saturated rings. The van der Waals surface area contributed by atoms with Gasteiger partial charge in [-0.2, -0.15) is 0 Å². The number of nitrogens with one attached hydrogen (secondary N) is 1. The van der Waals surface area contributed by atoms with Crippen LogP contribution >= 0.6 is 0 Å². The van der Waals surface area contributed by atoms with E-state index < -0.39 is 0 Å². The van der Waals surface area contributed by atoms with Gasteiger partial charge in [-0.3, -0.25) is 9.59 Å². The summed E-state index contributed by atoms with van der Waals surface area (Å²) in [5.41, 5.74) is 0.731. The van der Waals surface area contributed by atoms with Gasteiger partial charge in [0.1, 0.15) is 5.82 Å². The standard InChI is InChI=1S/C18H20FN5O2/c1-13(25)23-6-8-24(9-7-23)18-21-11-15(12-22-18)17(26)20-10-14-4-2-3-5-16(14)19/h2-5,11-12H,6-10H2,1H3,(H,20,26). The van der Waals surface area contributed by atoms with Gasteiger partial charge in [0, 0.05) is 57.6 Å². The number of hydrogen-bond donors (Lipinski definition) is 1. The van der Waals surface area contributed by atoms with Crippen LogP contribution < -0.4 is 10.2 Å². The lowest BCUT2D eigenvalue weighted by atomic mass is 10.2. The topological polar surface area (TPSA) is 78.4 Å². The number of carbonyl (C=O) groups is 2. The highest BCUT2D eigenvalue weighted by atomic mass is 19.1. The van der Waals surface area contributed by atoms with Crippen LogP contribution in [0.4, 0.5) is 10.3 Å². The fraction of sp³-hybridized carbons (Fsp3) is 0.333. The summed E-state index contributed by atoms with van der Waals surface area (Å²) in [6.07, 6.45) is 2.91. The predicted molar refractivity (Wildman–Crippen MR) is 94.1 cm³/mol. The average molecular weight is 357 g/mol. The molecule has 26 heavy (non-hydrogen) atoms. The van der Waals surface area contributed by atoms with Crippen LogP contribution in [0.3, 0.4) is 0 Å². The lowest BCUT2D eigenvalue weighted by Crippen LogP contribution is -2.48. The van der Waals surface area contributed by atoms with Crippen molar-refractivity contribution in [3.8, 4) is 0 Å². The Balaban J connectivity index is 1.56. The summed E-state index contributed by atoms with van der Waals surface area (Å²) < 4.78 is 13.6. The minimum Gasteiger partial charge on any atom is -0.348 e. The maximum Gasteiger partial charge on any atom is 0.254 e. The molecule has 1 aromatic heterocycles. The Hall–Kier alpha value is -3.03. The molecule has 8 heteroatoms. The molecule has 0 atom stereocenters. The zero-order valence-corrected chi connectivity index (χ0v) is 14.5. The lowest BCUT2D eigenvalue weighted by Gasteiger charge is -2.34. The van der Waals surface area contributed by atoms with Gasteiger partial charge in [0.25, 0.3) is 5.91 Å². The molecule has 0 radical (unpaired) electrons. The number of benzene rings is 1. The number of carbonyl (C=O) groups excluding carboxylic acids is 2. The molecule has 0 unspecified atom stereocenters. The summed E-state index contributed by atoms with van der Waals surface area (Å²) in [6, 6.07) is 6.29. The highest BCUT2D eigenvalue weighted by Gasteiger charge is 2.20. The largest absolute Gasteiger partial charge is 0.348 e. The van der Waals surface area contributed by atoms with Gasteiger partial charge in [-0.25, -0.2) is 14.4 Å². The second-order valence-electron chi connectivity index (χ2n) is 6.04. The van der Waals surface area contributed by atoms with Crippen LogP contribution in [0.2, 0.25) is 0 Å². The van der Waals surface area contributed by atoms with Crippen LogP contribution in [0.5, 0.6) is 0 Å². The van der Waals surface area contributed by atoms with Crippen LogP contribution in [-0.4, -0.2) is 52.9 Å². The summed E-state index contributed by atoms with van der Waals surface area (Å²) in [4.78, 5) is 35.8. The molecule has 2 aromatic rings. The van der Waals surface area contributed by atoms with Crippen molar-refractivity contribution in [1.29, 1.82) is 0 Å². The quantitative estimate of drug-likeness (QED) is 0.890. The molecule has 1 N–H and O–H groups in total. The first-order valence-corrected chi connectivity index (χ1v) is 8.38. The van der Waals surface area contributed by atoms with Crippen molar-refractivity contribution >= 4 is 17.8 Å². The summed E-state index contributed by atoms with van der Waals surface area (Å²) in [7, 11) is 0. The number of aromatic nitrogens is 2. The SMILES string of the molecule is CC(=O)N1CCN(c2ncc(C(=O)NCc3ccccc3F)cn2)CC1. The Morgan fingerprint density at radius 1 is 1.12 bits per heavy atom. The number of amides is 2. The number of nitrogens with zero attached hydrogens (tertiary/aromatic N) is 4. The highest BCUT2D eigenvalue weighted by Crippen LogP contribution is 2.11. The molecule has 136 valence electrons. The van der Waals surface area contributed by atoms with Gasteiger partial charge >= 0.3 is 0 Å². The molecule has 1 saturated heterocycles. The van der Waals surface area contributed by atoms with Crippen molar-refractivity contribution < 1.29 is 14.0 Å². The van der Waals surface area contributed by atoms with Crippen LogP contribution in [-0.2, 0) is 11.3 Å². The Bertz CT molecular complexity index is 788. The lowest BCUT2D eigenvalue weighted by molar-refractivity contribution is -0.129. The molecule has 2 amide bonds. The van der Waals surface area contributed by atoms with E-state index in [4.69, 9.17) is 0 Å². The van der Waals surface area contributed by atoms with E-state index in [1.165, 1.54) is 18.5 Å². The Kier molecular flexibility index (Phi) is 5.40. The Labute approximate surface area is 150 Å². The van der Waals surface area contributed by atoms with E-state index in [0.717, 1.165) is 0 Å². The minimum atomic E-state index is -0.360. The van der Waals surface area contributed by atoms with Gasteiger partial charge in [-0.1, -0.05) is 18.2 Å². The zero-order chi connectivity index (χ0) is 18.5. The summed E-state index contributed by atoms with van der Waals surface area (Å²) >= 11 is 0. The molecule has 1 aliphatic heterocycles. The normalized spacial score (nSPS) is 14.2. The molecule has 0 spiro atoms. The first-order chi connectivity index (χ1) is 12.5. The van der Waals surface area contributed by atoms with Gasteiger partial charge in [-0.15, -0.1) is 0 Å². The van der Waals surface area contributed by atoms with Gasteiger partial charge in [0.15, 0.2) is 0 Å². The fourth-order valence-corrected chi connectivity index (χ4v) is 2.74. The number of rotatable bonds is 4. The highest BCUT2D eigenvalue weighted by molar-refractivity contribution is 5.93. The number of hydrogen-bond acceptors (Lipinski definition) is 5. The smallest absolute Gasteiger partial charge is 0.254 e. The van der Waals surface area contributed by atoms with E-state index in [-0.39, 0.29) is 24.2 Å². The van der Waals surface area contributed by atoms with Gasteiger partial charge in [0.05, 0.1) is 5.56 Å². The van der Waals surface area contributed by atoms with Crippen LogP contribution in [0.1, 0.15) is 22.8 Å². The Morgan fingerprint density at radius 2 is 1.77 bits per heavy atom. The molecule has 1 aromatic carbocycles. The van der Waals surface area contributed by atoms with E-state index in [1.807, 2.05) is 4.90 Å². The maximum atomic E-state index is 13.6. The first kappa shape index (κ1) is 17.8. The van der Waals surface area contributed by atoms with E-state index >= 15 is 0 Å².